The number of nitrogens with zero attached hydrogens (tertiary/aromatic N) is 2. The monoisotopic (exact) mass is 409 g/mol. The van der Waals surface area contributed by atoms with Crippen molar-refractivity contribution in [3.05, 3.63) is 15.6 Å². The number of rotatable bonds is 6. The SMILES string of the molecule is CCc1nc(C)c(C(C)N(C)C(=O)CC(C)C2CCNCC2)s1.Cl.Cl. The second kappa shape index (κ2) is 11.4. The first-order valence-corrected chi connectivity index (χ1v) is 9.68. The smallest absolute Gasteiger partial charge is 0.223 e. The average molecular weight is 410 g/mol. The Kier molecular flexibility index (Phi) is 11.2. The van der Waals surface area contributed by atoms with Gasteiger partial charge in [-0.3, -0.25) is 4.79 Å². The lowest BCUT2D eigenvalue weighted by Crippen LogP contribution is -2.35. The molecule has 0 bridgehead atoms. The minimum Gasteiger partial charge on any atom is -0.338 e. The zero-order valence-corrected chi connectivity index (χ0v) is 18.5. The largest absolute Gasteiger partial charge is 0.338 e. The molecule has 1 aromatic heterocycles. The number of carbonyl (C=O) groups is 1. The Morgan fingerprint density at radius 2 is 1.92 bits per heavy atom. The van der Waals surface area contributed by atoms with E-state index in [2.05, 4.69) is 38.0 Å². The highest BCUT2D eigenvalue weighted by Crippen LogP contribution is 2.31. The average Bonchev–Trinajstić information content (AvgIpc) is 2.95. The predicted octanol–water partition coefficient (Wildman–Crippen LogP) is 4.40. The van der Waals surface area contributed by atoms with Gasteiger partial charge in [-0.15, -0.1) is 36.2 Å². The molecule has 0 aromatic carbocycles. The molecule has 0 spiro atoms. The van der Waals surface area contributed by atoms with Crippen molar-refractivity contribution in [3.8, 4) is 0 Å². The lowest BCUT2D eigenvalue weighted by Gasteiger charge is -2.30. The Bertz CT molecular complexity index is 532. The number of aryl methyl sites for hydroxylation is 2. The van der Waals surface area contributed by atoms with Gasteiger partial charge in [0.15, 0.2) is 0 Å². The normalized spacial score (nSPS) is 17.2. The molecule has 7 heteroatoms. The number of piperidine rings is 1. The van der Waals surface area contributed by atoms with Gasteiger partial charge < -0.3 is 10.2 Å². The molecule has 0 saturated carbocycles. The molecule has 2 unspecified atom stereocenters. The molecule has 0 aliphatic carbocycles. The summed E-state index contributed by atoms with van der Waals surface area (Å²) < 4.78 is 0. The first kappa shape index (κ1) is 24.6. The van der Waals surface area contributed by atoms with Crippen LogP contribution in [-0.2, 0) is 11.2 Å². The number of thiazole rings is 1. The van der Waals surface area contributed by atoms with Gasteiger partial charge in [0.25, 0.3) is 0 Å². The molecule has 1 N–H and O–H groups in total. The third-order valence-electron chi connectivity index (χ3n) is 5.22. The molecule has 1 saturated heterocycles. The summed E-state index contributed by atoms with van der Waals surface area (Å²) in [5.74, 6) is 1.41. The zero-order valence-electron chi connectivity index (χ0n) is 16.0. The third kappa shape index (κ3) is 6.38. The lowest BCUT2D eigenvalue weighted by molar-refractivity contribution is -0.133. The van der Waals surface area contributed by atoms with Crippen molar-refractivity contribution in [1.29, 1.82) is 0 Å². The standard InChI is InChI=1S/C18H31N3OS.2ClH/c1-6-16-20-13(3)18(23-16)14(4)21(5)17(22)11-12(2)15-7-9-19-10-8-15;;/h12,14-15,19H,6-11H2,1-5H3;2*1H. The quantitative estimate of drug-likeness (QED) is 0.756. The van der Waals surface area contributed by atoms with Crippen LogP contribution >= 0.6 is 36.2 Å². The van der Waals surface area contributed by atoms with E-state index in [4.69, 9.17) is 0 Å². The Balaban J connectivity index is 0.00000288. The van der Waals surface area contributed by atoms with E-state index in [1.807, 2.05) is 11.9 Å². The van der Waals surface area contributed by atoms with Gasteiger partial charge in [0.2, 0.25) is 5.91 Å². The summed E-state index contributed by atoms with van der Waals surface area (Å²) in [5.41, 5.74) is 1.07. The number of hydrogen-bond donors (Lipinski definition) is 1. The third-order valence-corrected chi connectivity index (χ3v) is 6.69. The molecular weight excluding hydrogens is 377 g/mol. The molecule has 1 fully saturated rings. The summed E-state index contributed by atoms with van der Waals surface area (Å²) in [6.07, 6.45) is 4.01. The van der Waals surface area contributed by atoms with Crippen LogP contribution in [0.3, 0.4) is 0 Å². The fourth-order valence-electron chi connectivity index (χ4n) is 3.40. The second-order valence-electron chi connectivity index (χ2n) is 6.86. The van der Waals surface area contributed by atoms with E-state index in [0.29, 0.717) is 18.3 Å². The first-order chi connectivity index (χ1) is 10.9. The molecular formula is C18H33Cl2N3OS. The summed E-state index contributed by atoms with van der Waals surface area (Å²) in [6.45, 7) is 10.7. The van der Waals surface area contributed by atoms with Crippen molar-refractivity contribution in [2.45, 2.75) is 59.4 Å². The van der Waals surface area contributed by atoms with Gasteiger partial charge in [-0.05, 0) is 58.0 Å². The Morgan fingerprint density at radius 1 is 1.32 bits per heavy atom. The Hall–Kier alpha value is -0.360. The van der Waals surface area contributed by atoms with Crippen molar-refractivity contribution >= 4 is 42.1 Å². The number of amides is 1. The summed E-state index contributed by atoms with van der Waals surface area (Å²) in [4.78, 5) is 20.4. The highest BCUT2D eigenvalue weighted by atomic mass is 35.5. The van der Waals surface area contributed by atoms with E-state index < -0.39 is 0 Å². The van der Waals surface area contributed by atoms with Gasteiger partial charge in [-0.2, -0.15) is 0 Å². The van der Waals surface area contributed by atoms with Crippen LogP contribution in [0.4, 0.5) is 0 Å². The minimum absolute atomic E-state index is 0. The number of carbonyl (C=O) groups excluding carboxylic acids is 1. The summed E-state index contributed by atoms with van der Waals surface area (Å²) in [7, 11) is 1.94. The molecule has 4 nitrogen and oxygen atoms in total. The summed E-state index contributed by atoms with van der Waals surface area (Å²) in [5, 5.41) is 4.56. The number of hydrogen-bond acceptors (Lipinski definition) is 4. The second-order valence-corrected chi connectivity index (χ2v) is 7.98. The lowest BCUT2D eigenvalue weighted by atomic mass is 9.84. The van der Waals surface area contributed by atoms with E-state index in [1.165, 1.54) is 17.7 Å². The molecule has 1 aromatic rings. The molecule has 1 amide bonds. The molecule has 2 heterocycles. The van der Waals surface area contributed by atoms with E-state index in [-0.39, 0.29) is 36.8 Å². The fraction of sp³-hybridized carbons (Fsp3) is 0.778. The molecule has 146 valence electrons. The number of halogens is 2. The zero-order chi connectivity index (χ0) is 17.0. The Morgan fingerprint density at radius 3 is 2.44 bits per heavy atom. The van der Waals surface area contributed by atoms with Crippen LogP contribution in [0.15, 0.2) is 0 Å². The molecule has 1 aliphatic rings. The van der Waals surface area contributed by atoms with E-state index in [9.17, 15) is 4.79 Å². The maximum Gasteiger partial charge on any atom is 0.223 e. The van der Waals surface area contributed by atoms with Gasteiger partial charge in [-0.1, -0.05) is 13.8 Å². The minimum atomic E-state index is 0. The van der Waals surface area contributed by atoms with Crippen LogP contribution in [0, 0.1) is 18.8 Å². The number of nitrogens with one attached hydrogen (secondary N) is 1. The first-order valence-electron chi connectivity index (χ1n) is 8.86. The van der Waals surface area contributed by atoms with Crippen molar-refractivity contribution in [2.75, 3.05) is 20.1 Å². The number of aromatic nitrogens is 1. The highest BCUT2D eigenvalue weighted by Gasteiger charge is 2.26. The topological polar surface area (TPSA) is 45.2 Å². The molecule has 2 rings (SSSR count). The molecule has 25 heavy (non-hydrogen) atoms. The van der Waals surface area contributed by atoms with Crippen LogP contribution in [0.1, 0.15) is 61.7 Å². The molecule has 2 atom stereocenters. The van der Waals surface area contributed by atoms with Crippen LogP contribution in [0.5, 0.6) is 0 Å². The molecule has 0 radical (unpaired) electrons. The van der Waals surface area contributed by atoms with Crippen molar-refractivity contribution < 1.29 is 4.79 Å². The predicted molar refractivity (Wildman–Crippen MR) is 111 cm³/mol. The van der Waals surface area contributed by atoms with E-state index >= 15 is 0 Å². The van der Waals surface area contributed by atoms with Crippen molar-refractivity contribution in [1.82, 2.24) is 15.2 Å². The summed E-state index contributed by atoms with van der Waals surface area (Å²) >= 11 is 1.75. The van der Waals surface area contributed by atoms with Crippen LogP contribution in [-0.4, -0.2) is 35.9 Å². The van der Waals surface area contributed by atoms with E-state index in [0.717, 1.165) is 30.2 Å². The van der Waals surface area contributed by atoms with E-state index in [1.54, 1.807) is 11.3 Å². The van der Waals surface area contributed by atoms with Crippen molar-refractivity contribution in [2.24, 2.45) is 11.8 Å². The van der Waals surface area contributed by atoms with Gasteiger partial charge in [-0.25, -0.2) is 4.98 Å². The van der Waals surface area contributed by atoms with Gasteiger partial charge in [0.1, 0.15) is 0 Å². The maximum atomic E-state index is 12.7. The van der Waals surface area contributed by atoms with Crippen LogP contribution in [0.25, 0.3) is 0 Å². The van der Waals surface area contributed by atoms with Gasteiger partial charge >= 0.3 is 0 Å². The van der Waals surface area contributed by atoms with Crippen LogP contribution < -0.4 is 5.32 Å². The Labute approximate surface area is 169 Å². The molecule has 1 aliphatic heterocycles. The summed E-state index contributed by atoms with van der Waals surface area (Å²) in [6, 6.07) is 0.112. The maximum absolute atomic E-state index is 12.7. The van der Waals surface area contributed by atoms with Gasteiger partial charge in [0.05, 0.1) is 16.7 Å². The van der Waals surface area contributed by atoms with Crippen LogP contribution in [0.2, 0.25) is 0 Å². The van der Waals surface area contributed by atoms with Crippen molar-refractivity contribution in [3.63, 3.8) is 0 Å². The highest BCUT2D eigenvalue weighted by molar-refractivity contribution is 7.11. The van der Waals surface area contributed by atoms with Gasteiger partial charge in [0, 0.05) is 18.3 Å². The fourth-order valence-corrected chi connectivity index (χ4v) is 4.50.